The molecule has 1 aliphatic rings. The average molecular weight is 418 g/mol. The van der Waals surface area contributed by atoms with Gasteiger partial charge in [0.05, 0.1) is 11.7 Å². The minimum absolute atomic E-state index is 0.0657. The number of carbonyl (C=O) groups excluding carboxylic acids is 1. The number of hydrogen-bond donors (Lipinski definition) is 1. The number of alkyl halides is 3. The summed E-state index contributed by atoms with van der Waals surface area (Å²) in [7, 11) is 1.54. The van der Waals surface area contributed by atoms with Crippen molar-refractivity contribution < 1.29 is 23.1 Å². The van der Waals surface area contributed by atoms with Gasteiger partial charge in [0.15, 0.2) is 0 Å². The molecular formula is C21H21F3N4O2. The van der Waals surface area contributed by atoms with Crippen LogP contribution in [-0.4, -0.2) is 41.7 Å². The number of aromatic nitrogens is 1. The van der Waals surface area contributed by atoms with E-state index in [0.29, 0.717) is 5.69 Å². The lowest BCUT2D eigenvalue weighted by Gasteiger charge is -2.31. The number of pyridine rings is 1. The van der Waals surface area contributed by atoms with Gasteiger partial charge >= 0.3 is 6.18 Å². The van der Waals surface area contributed by atoms with Crippen LogP contribution in [0.5, 0.6) is 0 Å². The number of hydrogen-bond acceptors (Lipinski definition) is 5. The Morgan fingerprint density at radius 3 is 2.63 bits per heavy atom. The SMILES string of the molecule is Cc1cccc(N(C)C(=O)[C@H]2[C@@H](O)CCN2c2nc(C)cc(C(F)(F)F)c2C#N)c1. The number of anilines is 2. The summed E-state index contributed by atoms with van der Waals surface area (Å²) in [5, 5.41) is 19.9. The molecule has 2 atom stereocenters. The predicted molar refractivity (Wildman–Crippen MR) is 105 cm³/mol. The van der Waals surface area contributed by atoms with E-state index < -0.39 is 35.4 Å². The third-order valence-electron chi connectivity index (χ3n) is 5.16. The van der Waals surface area contributed by atoms with E-state index in [4.69, 9.17) is 0 Å². The van der Waals surface area contributed by atoms with Gasteiger partial charge in [0.25, 0.3) is 5.91 Å². The quantitative estimate of drug-likeness (QED) is 0.828. The van der Waals surface area contributed by atoms with Crippen molar-refractivity contribution in [3.05, 3.63) is 52.7 Å². The Kier molecular flexibility index (Phi) is 5.72. The van der Waals surface area contributed by atoms with Gasteiger partial charge in [0, 0.05) is 25.0 Å². The first-order chi connectivity index (χ1) is 14.0. The second kappa shape index (κ2) is 7.95. The Bertz CT molecular complexity index is 1020. The molecule has 1 saturated heterocycles. The third kappa shape index (κ3) is 3.96. The zero-order valence-electron chi connectivity index (χ0n) is 16.7. The first-order valence-electron chi connectivity index (χ1n) is 9.32. The summed E-state index contributed by atoms with van der Waals surface area (Å²) in [6.45, 7) is 3.36. The number of rotatable bonds is 3. The molecule has 1 aliphatic heterocycles. The summed E-state index contributed by atoms with van der Waals surface area (Å²) in [6.07, 6.45) is -5.68. The van der Waals surface area contributed by atoms with Gasteiger partial charge in [-0.05, 0) is 44.0 Å². The predicted octanol–water partition coefficient (Wildman–Crippen LogP) is 3.19. The number of aryl methyl sites for hydroxylation is 2. The van der Waals surface area contributed by atoms with Crippen molar-refractivity contribution in [3.63, 3.8) is 0 Å². The molecule has 1 aromatic carbocycles. The Labute approximate surface area is 172 Å². The lowest BCUT2D eigenvalue weighted by atomic mass is 10.1. The molecule has 1 fully saturated rings. The van der Waals surface area contributed by atoms with Crippen LogP contribution in [0, 0.1) is 25.2 Å². The van der Waals surface area contributed by atoms with E-state index in [9.17, 15) is 28.3 Å². The van der Waals surface area contributed by atoms with Crippen molar-refractivity contribution >= 4 is 17.4 Å². The molecule has 6 nitrogen and oxygen atoms in total. The summed E-state index contributed by atoms with van der Waals surface area (Å²) in [5.74, 6) is -0.733. The molecule has 1 N–H and O–H groups in total. The highest BCUT2D eigenvalue weighted by Crippen LogP contribution is 2.38. The molecule has 0 bridgehead atoms. The second-order valence-electron chi connectivity index (χ2n) is 7.35. The zero-order valence-corrected chi connectivity index (χ0v) is 16.7. The Hall–Kier alpha value is -3.12. The van der Waals surface area contributed by atoms with E-state index in [1.165, 1.54) is 23.8 Å². The highest BCUT2D eigenvalue weighted by atomic mass is 19.4. The first kappa shape index (κ1) is 21.6. The topological polar surface area (TPSA) is 80.5 Å². The standard InChI is InChI=1S/C21H21F3N4O2/c1-12-5-4-6-14(9-12)27(3)20(30)18-17(29)7-8-28(18)19-15(11-25)16(21(22,23)24)10-13(2)26-19/h4-6,9-10,17-18,29H,7-8H2,1-3H3/t17-,18+/m0/s1. The van der Waals surface area contributed by atoms with Crippen LogP contribution < -0.4 is 9.80 Å². The second-order valence-corrected chi connectivity index (χ2v) is 7.35. The maximum atomic E-state index is 13.5. The summed E-state index contributed by atoms with van der Waals surface area (Å²) < 4.78 is 40.4. The molecule has 2 heterocycles. The van der Waals surface area contributed by atoms with Crippen molar-refractivity contribution in [1.82, 2.24) is 4.98 Å². The monoisotopic (exact) mass is 418 g/mol. The van der Waals surface area contributed by atoms with Gasteiger partial charge in [0.2, 0.25) is 0 Å². The van der Waals surface area contributed by atoms with Crippen molar-refractivity contribution in [2.24, 2.45) is 0 Å². The minimum Gasteiger partial charge on any atom is -0.390 e. The maximum Gasteiger partial charge on any atom is 0.417 e. The molecule has 0 aliphatic carbocycles. The van der Waals surface area contributed by atoms with E-state index in [2.05, 4.69) is 4.98 Å². The van der Waals surface area contributed by atoms with Gasteiger partial charge in [0.1, 0.15) is 23.5 Å². The lowest BCUT2D eigenvalue weighted by Crippen LogP contribution is -2.49. The molecule has 1 amide bonds. The number of halogens is 3. The molecular weight excluding hydrogens is 397 g/mol. The van der Waals surface area contributed by atoms with E-state index in [1.54, 1.807) is 24.3 Å². The van der Waals surface area contributed by atoms with Crippen LogP contribution in [0.15, 0.2) is 30.3 Å². The largest absolute Gasteiger partial charge is 0.417 e. The number of aliphatic hydroxyl groups excluding tert-OH is 1. The molecule has 30 heavy (non-hydrogen) atoms. The number of amides is 1. The van der Waals surface area contributed by atoms with Crippen LogP contribution in [0.1, 0.15) is 28.8 Å². The van der Waals surface area contributed by atoms with E-state index >= 15 is 0 Å². The summed E-state index contributed by atoms with van der Waals surface area (Å²) >= 11 is 0. The molecule has 3 rings (SSSR count). The minimum atomic E-state index is -4.75. The molecule has 9 heteroatoms. The first-order valence-corrected chi connectivity index (χ1v) is 9.32. The molecule has 0 unspecified atom stereocenters. The third-order valence-corrected chi connectivity index (χ3v) is 5.16. The summed E-state index contributed by atoms with van der Waals surface area (Å²) in [6, 6.07) is 8.41. The Morgan fingerprint density at radius 2 is 2.03 bits per heavy atom. The zero-order chi connectivity index (χ0) is 22.2. The van der Waals surface area contributed by atoms with Gasteiger partial charge in [-0.3, -0.25) is 4.79 Å². The van der Waals surface area contributed by atoms with E-state index in [-0.39, 0.29) is 24.5 Å². The number of likely N-dealkylation sites (N-methyl/N-ethyl adjacent to an activating group) is 1. The number of nitrogens with zero attached hydrogens (tertiary/aromatic N) is 4. The fourth-order valence-electron chi connectivity index (χ4n) is 3.67. The number of aliphatic hydroxyl groups is 1. The van der Waals surface area contributed by atoms with Crippen molar-refractivity contribution in [2.75, 3.05) is 23.4 Å². The lowest BCUT2D eigenvalue weighted by molar-refractivity contribution is -0.137. The fourth-order valence-corrected chi connectivity index (χ4v) is 3.67. The normalized spacial score (nSPS) is 18.9. The fraction of sp³-hybridized carbons (Fsp3) is 0.381. The molecule has 0 spiro atoms. The average Bonchev–Trinajstić information content (AvgIpc) is 3.06. The van der Waals surface area contributed by atoms with Crippen LogP contribution in [0.3, 0.4) is 0 Å². The van der Waals surface area contributed by atoms with Crippen molar-refractivity contribution in [2.45, 2.75) is 38.6 Å². The summed E-state index contributed by atoms with van der Waals surface area (Å²) in [5.41, 5.74) is -0.174. The van der Waals surface area contributed by atoms with Gasteiger partial charge < -0.3 is 14.9 Å². The number of carbonyl (C=O) groups is 1. The highest BCUT2D eigenvalue weighted by Gasteiger charge is 2.44. The molecule has 0 radical (unpaired) electrons. The van der Waals surface area contributed by atoms with Crippen molar-refractivity contribution in [1.29, 1.82) is 5.26 Å². The molecule has 158 valence electrons. The Balaban J connectivity index is 2.05. The van der Waals surface area contributed by atoms with E-state index in [0.717, 1.165) is 11.6 Å². The van der Waals surface area contributed by atoms with Crippen LogP contribution in [0.2, 0.25) is 0 Å². The van der Waals surface area contributed by atoms with Crippen LogP contribution >= 0.6 is 0 Å². The molecule has 2 aromatic rings. The smallest absolute Gasteiger partial charge is 0.390 e. The molecule has 0 saturated carbocycles. The van der Waals surface area contributed by atoms with Gasteiger partial charge in [-0.2, -0.15) is 18.4 Å². The summed E-state index contributed by atoms with van der Waals surface area (Å²) in [4.78, 5) is 20.0. The van der Waals surface area contributed by atoms with Gasteiger partial charge in [-0.15, -0.1) is 0 Å². The van der Waals surface area contributed by atoms with Crippen LogP contribution in [-0.2, 0) is 11.0 Å². The maximum absolute atomic E-state index is 13.5. The molecule has 1 aromatic heterocycles. The van der Waals surface area contributed by atoms with E-state index in [1.807, 2.05) is 13.0 Å². The van der Waals surface area contributed by atoms with Gasteiger partial charge in [-0.1, -0.05) is 12.1 Å². The van der Waals surface area contributed by atoms with Crippen LogP contribution in [0.4, 0.5) is 24.7 Å². The van der Waals surface area contributed by atoms with Gasteiger partial charge in [-0.25, -0.2) is 4.98 Å². The Morgan fingerprint density at radius 1 is 1.33 bits per heavy atom. The number of nitriles is 1. The highest BCUT2D eigenvalue weighted by molar-refractivity contribution is 5.99. The van der Waals surface area contributed by atoms with Crippen LogP contribution in [0.25, 0.3) is 0 Å². The van der Waals surface area contributed by atoms with Crippen molar-refractivity contribution in [3.8, 4) is 6.07 Å². The number of benzene rings is 1.